The summed E-state index contributed by atoms with van der Waals surface area (Å²) in [6.45, 7) is 8.63. The van der Waals surface area contributed by atoms with Gasteiger partial charge in [0.25, 0.3) is 0 Å². The summed E-state index contributed by atoms with van der Waals surface area (Å²) in [5, 5.41) is 0. The zero-order valence-electron chi connectivity index (χ0n) is 16.2. The Labute approximate surface area is 163 Å². The molecule has 3 nitrogen and oxygen atoms in total. The molecule has 27 heavy (non-hydrogen) atoms. The second-order valence-corrected chi connectivity index (χ2v) is 8.70. The van der Waals surface area contributed by atoms with Crippen molar-refractivity contribution in [3.63, 3.8) is 0 Å². The van der Waals surface area contributed by atoms with Gasteiger partial charge in [-0.1, -0.05) is 60.7 Å². The Balaban J connectivity index is 1.10. The van der Waals surface area contributed by atoms with E-state index in [0.29, 0.717) is 0 Å². The number of likely N-dealkylation sites (tertiary alicyclic amines) is 3. The molecular formula is C24H31N3. The van der Waals surface area contributed by atoms with E-state index in [1.165, 1.54) is 56.7 Å². The highest BCUT2D eigenvalue weighted by Crippen LogP contribution is 2.37. The Morgan fingerprint density at radius 2 is 1.26 bits per heavy atom. The van der Waals surface area contributed by atoms with E-state index in [-0.39, 0.29) is 0 Å². The molecule has 5 rings (SSSR count). The van der Waals surface area contributed by atoms with Crippen LogP contribution in [0.15, 0.2) is 60.7 Å². The molecule has 3 aliphatic rings. The zero-order chi connectivity index (χ0) is 18.1. The van der Waals surface area contributed by atoms with Crippen molar-refractivity contribution in [2.45, 2.75) is 38.0 Å². The predicted molar refractivity (Wildman–Crippen MR) is 110 cm³/mol. The van der Waals surface area contributed by atoms with Crippen LogP contribution in [-0.2, 0) is 13.1 Å². The number of rotatable bonds is 5. The van der Waals surface area contributed by atoms with Crippen LogP contribution < -0.4 is 0 Å². The van der Waals surface area contributed by atoms with Gasteiger partial charge in [-0.2, -0.15) is 0 Å². The maximum atomic E-state index is 2.84. The molecule has 3 aliphatic heterocycles. The second kappa shape index (κ2) is 7.75. The van der Waals surface area contributed by atoms with Gasteiger partial charge in [-0.15, -0.1) is 0 Å². The minimum atomic E-state index is 0.815. The molecular weight excluding hydrogens is 330 g/mol. The maximum Gasteiger partial charge on any atom is 0.0279 e. The minimum Gasteiger partial charge on any atom is -0.299 e. The molecule has 2 aromatic carbocycles. The van der Waals surface area contributed by atoms with Crippen LogP contribution in [-0.4, -0.2) is 59.5 Å². The van der Waals surface area contributed by atoms with Gasteiger partial charge in [-0.25, -0.2) is 0 Å². The Bertz CT molecular complexity index is 724. The van der Waals surface area contributed by atoms with E-state index in [2.05, 4.69) is 75.4 Å². The highest BCUT2D eigenvalue weighted by atomic mass is 15.3. The van der Waals surface area contributed by atoms with E-state index in [1.54, 1.807) is 0 Å². The average Bonchev–Trinajstić information content (AvgIpc) is 3.01. The lowest BCUT2D eigenvalue weighted by Gasteiger charge is -2.50. The van der Waals surface area contributed by atoms with Crippen molar-refractivity contribution in [3.05, 3.63) is 71.8 Å². The topological polar surface area (TPSA) is 9.72 Å². The Morgan fingerprint density at radius 3 is 1.89 bits per heavy atom. The van der Waals surface area contributed by atoms with Crippen LogP contribution in [0.3, 0.4) is 0 Å². The van der Waals surface area contributed by atoms with Crippen molar-refractivity contribution in [3.8, 4) is 0 Å². The van der Waals surface area contributed by atoms with Crippen LogP contribution >= 0.6 is 0 Å². The summed E-state index contributed by atoms with van der Waals surface area (Å²) in [6, 6.07) is 23.5. The second-order valence-electron chi connectivity index (χ2n) is 8.70. The molecule has 3 heterocycles. The fourth-order valence-electron chi connectivity index (χ4n) is 5.41. The lowest BCUT2D eigenvalue weighted by Crippen LogP contribution is -2.61. The number of piperidine rings is 1. The first-order valence-electron chi connectivity index (χ1n) is 10.6. The molecule has 2 aromatic rings. The summed E-state index contributed by atoms with van der Waals surface area (Å²) in [6.07, 6.45) is 2.68. The predicted octanol–water partition coefficient (Wildman–Crippen LogP) is 3.47. The third-order valence-electron chi connectivity index (χ3n) is 6.88. The normalized spacial score (nSPS) is 27.4. The molecule has 0 aromatic heterocycles. The third-order valence-corrected chi connectivity index (χ3v) is 6.88. The smallest absolute Gasteiger partial charge is 0.0279 e. The van der Waals surface area contributed by atoms with Gasteiger partial charge in [0, 0.05) is 50.7 Å². The molecule has 2 atom stereocenters. The molecule has 0 aliphatic carbocycles. The van der Waals surface area contributed by atoms with Crippen LogP contribution in [0.4, 0.5) is 0 Å². The van der Waals surface area contributed by atoms with E-state index in [9.17, 15) is 0 Å². The first kappa shape index (κ1) is 17.4. The first-order chi connectivity index (χ1) is 13.3. The van der Waals surface area contributed by atoms with Crippen molar-refractivity contribution < 1.29 is 0 Å². The SMILES string of the molecule is c1ccc(CN2CCC(N3C[C@@H]4CN(Cc5ccccc5)C[C@H]43)CC2)cc1. The average molecular weight is 362 g/mol. The van der Waals surface area contributed by atoms with E-state index < -0.39 is 0 Å². The van der Waals surface area contributed by atoms with Crippen LogP contribution in [0.1, 0.15) is 24.0 Å². The van der Waals surface area contributed by atoms with Gasteiger partial charge < -0.3 is 0 Å². The summed E-state index contributed by atoms with van der Waals surface area (Å²) in [4.78, 5) is 8.16. The molecule has 0 radical (unpaired) electrons. The summed E-state index contributed by atoms with van der Waals surface area (Å²) in [5.74, 6) is 0.913. The van der Waals surface area contributed by atoms with E-state index >= 15 is 0 Å². The molecule has 0 amide bonds. The van der Waals surface area contributed by atoms with E-state index in [4.69, 9.17) is 0 Å². The van der Waals surface area contributed by atoms with Crippen LogP contribution in [0.2, 0.25) is 0 Å². The molecule has 0 bridgehead atoms. The third kappa shape index (κ3) is 3.82. The standard InChI is InChI=1S/C24H31N3/c1-3-7-20(8-4-1)15-25-13-11-23(12-14-25)27-18-22-17-26(19-24(22)27)16-21-9-5-2-6-10-21/h1-10,22-24H,11-19H2/t22-,24+/m0/s1. The van der Waals surface area contributed by atoms with Crippen molar-refractivity contribution in [1.82, 2.24) is 14.7 Å². The van der Waals surface area contributed by atoms with E-state index in [1.807, 2.05) is 0 Å². The van der Waals surface area contributed by atoms with Gasteiger partial charge in [0.05, 0.1) is 0 Å². The maximum absolute atomic E-state index is 2.84. The number of nitrogens with zero attached hydrogens (tertiary/aromatic N) is 3. The van der Waals surface area contributed by atoms with Gasteiger partial charge in [-0.3, -0.25) is 14.7 Å². The van der Waals surface area contributed by atoms with Gasteiger partial charge in [0.1, 0.15) is 0 Å². The summed E-state index contributed by atoms with van der Waals surface area (Å²) in [5.41, 5.74) is 2.91. The van der Waals surface area contributed by atoms with Crippen molar-refractivity contribution in [1.29, 1.82) is 0 Å². The highest BCUT2D eigenvalue weighted by Gasteiger charge is 2.48. The lowest BCUT2D eigenvalue weighted by molar-refractivity contribution is -0.0178. The molecule has 0 N–H and O–H groups in total. The first-order valence-corrected chi connectivity index (χ1v) is 10.6. The van der Waals surface area contributed by atoms with Gasteiger partial charge >= 0.3 is 0 Å². The number of fused-ring (bicyclic) bond motifs is 1. The summed E-state index contributed by atoms with van der Waals surface area (Å²) >= 11 is 0. The lowest BCUT2D eigenvalue weighted by atomic mass is 9.87. The quantitative estimate of drug-likeness (QED) is 0.807. The molecule has 0 spiro atoms. The van der Waals surface area contributed by atoms with Crippen molar-refractivity contribution in [2.75, 3.05) is 32.7 Å². The highest BCUT2D eigenvalue weighted by molar-refractivity contribution is 5.16. The van der Waals surface area contributed by atoms with Crippen LogP contribution in [0.25, 0.3) is 0 Å². The fourth-order valence-corrected chi connectivity index (χ4v) is 5.41. The molecule has 3 heteroatoms. The fraction of sp³-hybridized carbons (Fsp3) is 0.500. The van der Waals surface area contributed by atoms with E-state index in [0.717, 1.165) is 31.1 Å². The monoisotopic (exact) mass is 361 g/mol. The van der Waals surface area contributed by atoms with Crippen LogP contribution in [0.5, 0.6) is 0 Å². The molecule has 142 valence electrons. The molecule has 0 saturated carbocycles. The van der Waals surface area contributed by atoms with Gasteiger partial charge in [-0.05, 0) is 37.1 Å². The van der Waals surface area contributed by atoms with Crippen molar-refractivity contribution >= 4 is 0 Å². The van der Waals surface area contributed by atoms with Crippen LogP contribution in [0, 0.1) is 5.92 Å². The summed E-state index contributed by atoms with van der Waals surface area (Å²) in [7, 11) is 0. The zero-order valence-corrected chi connectivity index (χ0v) is 16.2. The van der Waals surface area contributed by atoms with Gasteiger partial charge in [0.15, 0.2) is 0 Å². The largest absolute Gasteiger partial charge is 0.299 e. The number of hydrogen-bond acceptors (Lipinski definition) is 3. The van der Waals surface area contributed by atoms with Gasteiger partial charge in [0.2, 0.25) is 0 Å². The number of benzene rings is 2. The Kier molecular flexibility index (Phi) is 5.00. The molecule has 3 saturated heterocycles. The van der Waals surface area contributed by atoms with Crippen molar-refractivity contribution in [2.24, 2.45) is 5.92 Å². The summed E-state index contributed by atoms with van der Waals surface area (Å²) < 4.78 is 0. The molecule has 3 fully saturated rings. The minimum absolute atomic E-state index is 0.815. The number of hydrogen-bond donors (Lipinski definition) is 0. The Hall–Kier alpha value is -1.68. The Morgan fingerprint density at radius 1 is 0.667 bits per heavy atom. The molecule has 0 unspecified atom stereocenters.